The molecule has 1 amide bonds. The first-order chi connectivity index (χ1) is 11.7. The van der Waals surface area contributed by atoms with E-state index in [1.807, 2.05) is 27.7 Å². The highest BCUT2D eigenvalue weighted by atomic mass is 32.2. The summed E-state index contributed by atoms with van der Waals surface area (Å²) in [7, 11) is 1.40. The molecule has 0 radical (unpaired) electrons. The van der Waals surface area contributed by atoms with Gasteiger partial charge in [-0.05, 0) is 33.6 Å². The van der Waals surface area contributed by atoms with Crippen LogP contribution in [0, 0.1) is 5.92 Å². The van der Waals surface area contributed by atoms with Crippen LogP contribution in [0.1, 0.15) is 59.8 Å². The number of carbonyl (C=O) groups excluding carboxylic acids is 3. The first-order valence-electron chi connectivity index (χ1n) is 8.87. The number of nitrogens with zero attached hydrogens (tertiary/aromatic N) is 1. The van der Waals surface area contributed by atoms with Crippen LogP contribution in [0.25, 0.3) is 0 Å². The Balaban J connectivity index is 2.34. The van der Waals surface area contributed by atoms with Crippen LogP contribution in [-0.2, 0) is 19.1 Å². The monoisotopic (exact) mass is 373 g/mol. The molecule has 1 unspecified atom stereocenters. The number of Topliss-reactive ketones (excluding diaryl/α,β-unsaturated/α-hetero) is 1. The number of hydrogen-bond donors (Lipinski definition) is 0. The summed E-state index contributed by atoms with van der Waals surface area (Å²) in [6.07, 6.45) is 3.34. The van der Waals surface area contributed by atoms with Crippen LogP contribution in [-0.4, -0.2) is 53.1 Å². The summed E-state index contributed by atoms with van der Waals surface area (Å²) in [5.41, 5.74) is -0.561. The fourth-order valence-corrected chi connectivity index (χ4v) is 3.81. The van der Waals surface area contributed by atoms with E-state index < -0.39 is 17.1 Å². The number of methoxy groups -OCH3 is 1. The molecule has 7 heteroatoms. The van der Waals surface area contributed by atoms with E-state index in [-0.39, 0.29) is 17.7 Å². The lowest BCUT2D eigenvalue weighted by molar-refractivity contribution is -0.145. The molecule has 6 nitrogen and oxygen atoms in total. The highest BCUT2D eigenvalue weighted by Gasteiger charge is 2.36. The zero-order chi connectivity index (χ0) is 19.0. The van der Waals surface area contributed by atoms with Crippen molar-refractivity contribution in [2.24, 2.45) is 5.92 Å². The quantitative estimate of drug-likeness (QED) is 0.478. The number of ether oxygens (including phenoxy) is 2. The molecule has 0 aromatic rings. The smallest absolute Gasteiger partial charge is 0.411 e. The van der Waals surface area contributed by atoms with Crippen molar-refractivity contribution in [3.05, 3.63) is 0 Å². The summed E-state index contributed by atoms with van der Waals surface area (Å²) in [6.45, 7) is 7.86. The molecule has 2 atom stereocenters. The standard InChI is InChI=1S/C18H31NO5S/c1-13(16(21)23-5)9-7-6-8-10-14(20)15-19(11-12-25-15)17(22)24-18(2,3)4/h13,15H,6-12H2,1-5H3/t13-,15?/m0/s1. The molecule has 0 aromatic heterocycles. The Labute approximate surface area is 155 Å². The minimum atomic E-state index is -0.561. The third kappa shape index (κ3) is 7.67. The van der Waals surface area contributed by atoms with E-state index in [2.05, 4.69) is 0 Å². The molecule has 1 saturated heterocycles. The molecule has 0 aliphatic carbocycles. The lowest BCUT2D eigenvalue weighted by Crippen LogP contribution is -2.42. The second kappa shape index (κ2) is 10.0. The molecular formula is C18H31NO5S. The molecule has 1 fully saturated rings. The summed E-state index contributed by atoms with van der Waals surface area (Å²) in [6, 6.07) is 0. The number of esters is 1. The first kappa shape index (κ1) is 21.8. The van der Waals surface area contributed by atoms with Gasteiger partial charge in [0.15, 0.2) is 5.78 Å². The Bertz CT molecular complexity index is 475. The second-order valence-electron chi connectivity index (χ2n) is 7.39. The summed E-state index contributed by atoms with van der Waals surface area (Å²) in [5.74, 6) is 0.543. The van der Waals surface area contributed by atoms with E-state index in [9.17, 15) is 14.4 Å². The summed E-state index contributed by atoms with van der Waals surface area (Å²) < 4.78 is 10.1. The van der Waals surface area contributed by atoms with Gasteiger partial charge in [-0.2, -0.15) is 0 Å². The molecule has 1 aliphatic rings. The van der Waals surface area contributed by atoms with Crippen LogP contribution in [0.3, 0.4) is 0 Å². The Hall–Kier alpha value is -1.24. The number of unbranched alkanes of at least 4 members (excludes halogenated alkanes) is 2. The molecule has 0 bridgehead atoms. The van der Waals surface area contributed by atoms with Crippen LogP contribution in [0.4, 0.5) is 4.79 Å². The Kier molecular flexibility index (Phi) is 8.76. The number of rotatable bonds is 8. The molecule has 144 valence electrons. The Morgan fingerprint density at radius 2 is 1.88 bits per heavy atom. The number of amides is 1. The number of hydrogen-bond acceptors (Lipinski definition) is 6. The Morgan fingerprint density at radius 1 is 1.20 bits per heavy atom. The van der Waals surface area contributed by atoms with Gasteiger partial charge in [0.1, 0.15) is 11.0 Å². The van der Waals surface area contributed by atoms with Crippen molar-refractivity contribution in [3.63, 3.8) is 0 Å². The average molecular weight is 374 g/mol. The lowest BCUT2D eigenvalue weighted by Gasteiger charge is -2.27. The third-order valence-electron chi connectivity index (χ3n) is 3.96. The van der Waals surface area contributed by atoms with Gasteiger partial charge in [0.05, 0.1) is 13.0 Å². The average Bonchev–Trinajstić information content (AvgIpc) is 3.01. The molecular weight excluding hydrogens is 342 g/mol. The van der Waals surface area contributed by atoms with Gasteiger partial charge >= 0.3 is 12.1 Å². The summed E-state index contributed by atoms with van der Waals surface area (Å²) in [4.78, 5) is 37.5. The number of thioether (sulfide) groups is 1. The van der Waals surface area contributed by atoms with E-state index >= 15 is 0 Å². The number of ketones is 1. The molecule has 0 N–H and O–H groups in total. The molecule has 1 aliphatic heterocycles. The molecule has 1 rings (SSSR count). The highest BCUT2D eigenvalue weighted by Crippen LogP contribution is 2.28. The molecule has 25 heavy (non-hydrogen) atoms. The van der Waals surface area contributed by atoms with E-state index in [1.54, 1.807) is 0 Å². The van der Waals surface area contributed by atoms with Gasteiger partial charge in [-0.15, -0.1) is 11.8 Å². The fraction of sp³-hybridized carbons (Fsp3) is 0.833. The van der Waals surface area contributed by atoms with Crippen LogP contribution >= 0.6 is 11.8 Å². The first-order valence-corrected chi connectivity index (χ1v) is 9.92. The minimum Gasteiger partial charge on any atom is -0.469 e. The predicted molar refractivity (Wildman–Crippen MR) is 98.5 cm³/mol. The van der Waals surface area contributed by atoms with E-state index in [0.29, 0.717) is 13.0 Å². The van der Waals surface area contributed by atoms with Crippen molar-refractivity contribution >= 4 is 29.6 Å². The van der Waals surface area contributed by atoms with Crippen molar-refractivity contribution in [2.45, 2.75) is 70.8 Å². The minimum absolute atomic E-state index is 0.0781. The zero-order valence-electron chi connectivity index (χ0n) is 16.0. The fourth-order valence-electron chi connectivity index (χ4n) is 2.61. The maximum absolute atomic E-state index is 12.4. The molecule has 1 heterocycles. The zero-order valence-corrected chi connectivity index (χ0v) is 16.8. The van der Waals surface area contributed by atoms with Crippen molar-refractivity contribution in [1.82, 2.24) is 4.90 Å². The van der Waals surface area contributed by atoms with Crippen molar-refractivity contribution < 1.29 is 23.9 Å². The van der Waals surface area contributed by atoms with Gasteiger partial charge in [-0.25, -0.2) is 4.79 Å². The third-order valence-corrected chi connectivity index (χ3v) is 5.21. The van der Waals surface area contributed by atoms with Gasteiger partial charge in [0, 0.05) is 18.7 Å². The van der Waals surface area contributed by atoms with E-state index in [0.717, 1.165) is 31.4 Å². The van der Waals surface area contributed by atoms with Gasteiger partial charge in [-0.3, -0.25) is 14.5 Å². The molecule has 0 saturated carbocycles. The van der Waals surface area contributed by atoms with Gasteiger partial charge in [0.25, 0.3) is 0 Å². The highest BCUT2D eigenvalue weighted by molar-refractivity contribution is 8.00. The Morgan fingerprint density at radius 3 is 2.48 bits per heavy atom. The van der Waals surface area contributed by atoms with Crippen LogP contribution in [0.2, 0.25) is 0 Å². The predicted octanol–water partition coefficient (Wildman–Crippen LogP) is 3.63. The van der Waals surface area contributed by atoms with Crippen LogP contribution in [0.15, 0.2) is 0 Å². The van der Waals surface area contributed by atoms with E-state index in [4.69, 9.17) is 9.47 Å². The lowest BCUT2D eigenvalue weighted by atomic mass is 10.0. The molecule has 0 aromatic carbocycles. The van der Waals surface area contributed by atoms with Crippen molar-refractivity contribution in [1.29, 1.82) is 0 Å². The topological polar surface area (TPSA) is 72.9 Å². The maximum atomic E-state index is 12.4. The van der Waals surface area contributed by atoms with Gasteiger partial charge in [-0.1, -0.05) is 19.8 Å². The van der Waals surface area contributed by atoms with Gasteiger partial charge in [0.2, 0.25) is 0 Å². The summed E-state index contributed by atoms with van der Waals surface area (Å²) >= 11 is 1.50. The van der Waals surface area contributed by atoms with Crippen LogP contribution in [0.5, 0.6) is 0 Å². The maximum Gasteiger partial charge on any atom is 0.411 e. The second-order valence-corrected chi connectivity index (χ2v) is 8.57. The van der Waals surface area contributed by atoms with Crippen molar-refractivity contribution in [2.75, 3.05) is 19.4 Å². The summed E-state index contributed by atoms with van der Waals surface area (Å²) in [5, 5.41) is -0.427. The molecule has 0 spiro atoms. The number of carbonyl (C=O) groups is 3. The van der Waals surface area contributed by atoms with Crippen LogP contribution < -0.4 is 0 Å². The normalized spacial score (nSPS) is 18.8. The SMILES string of the molecule is COC(=O)[C@@H](C)CCCCCC(=O)C1SCCN1C(=O)OC(C)(C)C. The van der Waals surface area contributed by atoms with E-state index in [1.165, 1.54) is 23.8 Å². The van der Waals surface area contributed by atoms with Gasteiger partial charge < -0.3 is 9.47 Å². The largest absolute Gasteiger partial charge is 0.469 e. The van der Waals surface area contributed by atoms with Crippen molar-refractivity contribution in [3.8, 4) is 0 Å².